The molecule has 0 atom stereocenters. The van der Waals surface area contributed by atoms with Gasteiger partial charge in [-0.05, 0) is 43.3 Å². The Bertz CT molecular complexity index is 1220. The Morgan fingerprint density at radius 3 is 2.38 bits per heavy atom. The largest absolute Gasteiger partial charge is 0.462 e. The first-order valence-corrected chi connectivity index (χ1v) is 9.29. The van der Waals surface area contributed by atoms with Crippen LogP contribution in [0.5, 0.6) is 0 Å². The predicted molar refractivity (Wildman–Crippen MR) is 113 cm³/mol. The molecule has 0 bridgehead atoms. The summed E-state index contributed by atoms with van der Waals surface area (Å²) < 4.78 is 6.43. The molecule has 4 rings (SSSR count). The van der Waals surface area contributed by atoms with Gasteiger partial charge in [0, 0.05) is 5.56 Å². The molecular weight excluding hydrogens is 366 g/mol. The number of hydrogen-bond donors (Lipinski definition) is 1. The van der Waals surface area contributed by atoms with Crippen LogP contribution in [0.3, 0.4) is 0 Å². The van der Waals surface area contributed by atoms with E-state index in [-0.39, 0.29) is 11.5 Å². The van der Waals surface area contributed by atoms with Crippen molar-refractivity contribution in [3.63, 3.8) is 0 Å². The summed E-state index contributed by atoms with van der Waals surface area (Å²) in [5, 5.41) is 0.517. The second-order valence-corrected chi connectivity index (χ2v) is 6.37. The first kappa shape index (κ1) is 18.4. The predicted octanol–water partition coefficient (Wildman–Crippen LogP) is 4.12. The first-order valence-electron chi connectivity index (χ1n) is 9.29. The van der Waals surface area contributed by atoms with E-state index in [2.05, 4.69) is 5.43 Å². The summed E-state index contributed by atoms with van der Waals surface area (Å²) in [4.78, 5) is 29.7. The van der Waals surface area contributed by atoms with Crippen molar-refractivity contribution >= 4 is 22.6 Å². The SMILES string of the molecule is CCOC(=O)c1ccc(Nn2c(-c3ccccc3)nc3ccccc3c2=O)cc1. The quantitative estimate of drug-likeness (QED) is 0.523. The number of nitrogens with zero attached hydrogens (tertiary/aromatic N) is 2. The van der Waals surface area contributed by atoms with Crippen molar-refractivity contribution in [1.29, 1.82) is 0 Å². The van der Waals surface area contributed by atoms with Crippen LogP contribution in [0.4, 0.5) is 5.69 Å². The minimum Gasteiger partial charge on any atom is -0.462 e. The van der Waals surface area contributed by atoms with Crippen LogP contribution in [0.15, 0.2) is 83.7 Å². The molecule has 6 heteroatoms. The molecule has 0 saturated heterocycles. The second kappa shape index (κ2) is 7.98. The van der Waals surface area contributed by atoms with E-state index in [4.69, 9.17) is 9.72 Å². The molecule has 0 amide bonds. The third-order valence-corrected chi connectivity index (χ3v) is 4.44. The van der Waals surface area contributed by atoms with Crippen LogP contribution < -0.4 is 11.0 Å². The number of carbonyl (C=O) groups is 1. The highest BCUT2D eigenvalue weighted by molar-refractivity contribution is 5.89. The van der Waals surface area contributed by atoms with Gasteiger partial charge < -0.3 is 4.74 Å². The molecule has 0 aliphatic carbocycles. The number of rotatable bonds is 5. The molecular formula is C23H19N3O3. The lowest BCUT2D eigenvalue weighted by Gasteiger charge is -2.16. The molecule has 0 spiro atoms. The maximum atomic E-state index is 13.2. The van der Waals surface area contributed by atoms with Gasteiger partial charge in [-0.3, -0.25) is 10.2 Å². The Morgan fingerprint density at radius 2 is 1.66 bits per heavy atom. The average molecular weight is 385 g/mol. The number of nitrogens with one attached hydrogen (secondary N) is 1. The van der Waals surface area contributed by atoms with E-state index in [9.17, 15) is 9.59 Å². The third-order valence-electron chi connectivity index (χ3n) is 4.44. The number of para-hydroxylation sites is 1. The smallest absolute Gasteiger partial charge is 0.338 e. The number of ether oxygens (including phenoxy) is 1. The van der Waals surface area contributed by atoms with Crippen molar-refractivity contribution < 1.29 is 9.53 Å². The number of carbonyl (C=O) groups excluding carboxylic acids is 1. The fraction of sp³-hybridized carbons (Fsp3) is 0.0870. The molecule has 6 nitrogen and oxygen atoms in total. The molecule has 0 fully saturated rings. The Kier molecular flexibility index (Phi) is 5.07. The van der Waals surface area contributed by atoms with Crippen LogP contribution >= 0.6 is 0 Å². The van der Waals surface area contributed by atoms with Crippen LogP contribution in [0, 0.1) is 0 Å². The van der Waals surface area contributed by atoms with Crippen molar-refractivity contribution in [2.45, 2.75) is 6.92 Å². The molecule has 3 aromatic carbocycles. The van der Waals surface area contributed by atoms with E-state index in [0.29, 0.717) is 34.6 Å². The first-order chi connectivity index (χ1) is 14.2. The van der Waals surface area contributed by atoms with Gasteiger partial charge in [-0.2, -0.15) is 0 Å². The second-order valence-electron chi connectivity index (χ2n) is 6.37. The van der Waals surface area contributed by atoms with Gasteiger partial charge in [0.15, 0.2) is 5.82 Å². The Hall–Kier alpha value is -3.93. The molecule has 29 heavy (non-hydrogen) atoms. The van der Waals surface area contributed by atoms with Crippen molar-refractivity contribution in [3.8, 4) is 11.4 Å². The maximum absolute atomic E-state index is 13.2. The fourth-order valence-corrected chi connectivity index (χ4v) is 3.04. The van der Waals surface area contributed by atoms with Crippen LogP contribution in [-0.2, 0) is 4.74 Å². The number of esters is 1. The highest BCUT2D eigenvalue weighted by Gasteiger charge is 2.13. The highest BCUT2D eigenvalue weighted by Crippen LogP contribution is 2.19. The van der Waals surface area contributed by atoms with E-state index in [0.717, 1.165) is 5.56 Å². The van der Waals surface area contributed by atoms with Crippen molar-refractivity contribution in [2.24, 2.45) is 0 Å². The molecule has 0 aliphatic heterocycles. The summed E-state index contributed by atoms with van der Waals surface area (Å²) in [7, 11) is 0. The lowest BCUT2D eigenvalue weighted by Crippen LogP contribution is -2.29. The highest BCUT2D eigenvalue weighted by atomic mass is 16.5. The molecule has 0 unspecified atom stereocenters. The average Bonchev–Trinajstić information content (AvgIpc) is 2.77. The lowest BCUT2D eigenvalue weighted by atomic mass is 10.2. The summed E-state index contributed by atoms with van der Waals surface area (Å²) in [5.74, 6) is 0.123. The molecule has 1 N–H and O–H groups in total. The standard InChI is InChI=1S/C23H19N3O3/c1-2-29-23(28)17-12-14-18(15-13-17)25-26-21(16-8-4-3-5-9-16)24-20-11-7-6-10-19(20)22(26)27/h3-15,25H,2H2,1H3. The van der Waals surface area contributed by atoms with Crippen LogP contribution in [0.25, 0.3) is 22.3 Å². The van der Waals surface area contributed by atoms with Crippen molar-refractivity contribution in [1.82, 2.24) is 9.66 Å². The van der Waals surface area contributed by atoms with Crippen molar-refractivity contribution in [3.05, 3.63) is 94.8 Å². The van der Waals surface area contributed by atoms with Gasteiger partial charge in [0.05, 0.1) is 28.8 Å². The molecule has 0 saturated carbocycles. The van der Waals surface area contributed by atoms with Crippen LogP contribution in [0.2, 0.25) is 0 Å². The molecule has 1 aromatic heterocycles. The van der Waals surface area contributed by atoms with E-state index >= 15 is 0 Å². The summed E-state index contributed by atoms with van der Waals surface area (Å²) >= 11 is 0. The summed E-state index contributed by atoms with van der Waals surface area (Å²) in [6.07, 6.45) is 0. The zero-order valence-electron chi connectivity index (χ0n) is 15.8. The monoisotopic (exact) mass is 385 g/mol. The molecule has 144 valence electrons. The number of hydrogen-bond acceptors (Lipinski definition) is 5. The topological polar surface area (TPSA) is 73.2 Å². The van der Waals surface area contributed by atoms with E-state index in [1.807, 2.05) is 48.5 Å². The van der Waals surface area contributed by atoms with Gasteiger partial charge in [0.2, 0.25) is 0 Å². The van der Waals surface area contributed by atoms with Crippen molar-refractivity contribution in [2.75, 3.05) is 12.0 Å². The lowest BCUT2D eigenvalue weighted by molar-refractivity contribution is 0.0526. The van der Waals surface area contributed by atoms with Gasteiger partial charge in [-0.15, -0.1) is 0 Å². The number of benzene rings is 3. The van der Waals surface area contributed by atoms with E-state index < -0.39 is 0 Å². The fourth-order valence-electron chi connectivity index (χ4n) is 3.04. The molecule has 0 radical (unpaired) electrons. The van der Waals surface area contributed by atoms with Gasteiger partial charge in [0.25, 0.3) is 5.56 Å². The zero-order valence-corrected chi connectivity index (χ0v) is 15.8. The maximum Gasteiger partial charge on any atom is 0.338 e. The minimum absolute atomic E-state index is 0.205. The van der Waals surface area contributed by atoms with Gasteiger partial charge in [-0.1, -0.05) is 42.5 Å². The normalized spacial score (nSPS) is 10.7. The third kappa shape index (κ3) is 3.73. The Labute approximate surface area is 167 Å². The Morgan fingerprint density at radius 1 is 0.966 bits per heavy atom. The van der Waals surface area contributed by atoms with Gasteiger partial charge in [-0.25, -0.2) is 14.5 Å². The van der Waals surface area contributed by atoms with Crippen LogP contribution in [-0.4, -0.2) is 22.2 Å². The van der Waals surface area contributed by atoms with Crippen LogP contribution in [0.1, 0.15) is 17.3 Å². The van der Waals surface area contributed by atoms with E-state index in [1.165, 1.54) is 4.68 Å². The number of anilines is 1. The number of aromatic nitrogens is 2. The minimum atomic E-state index is -0.381. The van der Waals surface area contributed by atoms with Gasteiger partial charge in [0.1, 0.15) is 0 Å². The Balaban J connectivity index is 1.79. The van der Waals surface area contributed by atoms with E-state index in [1.54, 1.807) is 37.3 Å². The molecule has 1 heterocycles. The summed E-state index contributed by atoms with van der Waals surface area (Å²) in [6, 6.07) is 23.5. The molecule has 4 aromatic rings. The summed E-state index contributed by atoms with van der Waals surface area (Å²) in [6.45, 7) is 2.08. The molecule has 0 aliphatic rings. The van der Waals surface area contributed by atoms with Gasteiger partial charge >= 0.3 is 5.97 Å². The number of fused-ring (bicyclic) bond motifs is 1. The zero-order chi connectivity index (χ0) is 20.2. The summed E-state index contributed by atoms with van der Waals surface area (Å²) in [5.41, 5.74) is 5.45.